The van der Waals surface area contributed by atoms with Crippen LogP contribution in [0.4, 0.5) is 0 Å². The number of ether oxygens (including phenoxy) is 1. The van der Waals surface area contributed by atoms with Gasteiger partial charge in [0.2, 0.25) is 0 Å². The summed E-state index contributed by atoms with van der Waals surface area (Å²) in [7, 11) is 1.93. The van der Waals surface area contributed by atoms with E-state index in [4.69, 9.17) is 10.5 Å². The number of rotatable bonds is 7. The van der Waals surface area contributed by atoms with E-state index in [1.807, 2.05) is 7.05 Å². The van der Waals surface area contributed by atoms with E-state index in [-0.39, 0.29) is 0 Å². The van der Waals surface area contributed by atoms with Crippen LogP contribution >= 0.6 is 0 Å². The van der Waals surface area contributed by atoms with E-state index in [0.717, 1.165) is 31.9 Å². The van der Waals surface area contributed by atoms with E-state index >= 15 is 0 Å². The van der Waals surface area contributed by atoms with E-state index in [0.29, 0.717) is 17.8 Å². The second-order valence-corrected chi connectivity index (χ2v) is 5.75. The largest absolute Gasteiger partial charge is 0.401 e. The second-order valence-electron chi connectivity index (χ2n) is 5.75. The van der Waals surface area contributed by atoms with E-state index < -0.39 is 0 Å². The Morgan fingerprint density at radius 1 is 1.47 bits per heavy atom. The lowest BCUT2D eigenvalue weighted by molar-refractivity contribution is 0.190. The lowest BCUT2D eigenvalue weighted by atomic mass is 9.89. The van der Waals surface area contributed by atoms with E-state index in [9.17, 15) is 0 Å². The van der Waals surface area contributed by atoms with Gasteiger partial charge in [-0.3, -0.25) is 0 Å². The summed E-state index contributed by atoms with van der Waals surface area (Å²) in [5.41, 5.74) is 8.44. The molecule has 0 aromatic rings. The Kier molecular flexibility index (Phi) is 7.17. The van der Waals surface area contributed by atoms with Gasteiger partial charge in [-0.25, -0.2) is 0 Å². The van der Waals surface area contributed by atoms with Crippen molar-refractivity contribution in [3.8, 4) is 0 Å². The Bertz CT molecular complexity index is 315. The molecule has 1 aliphatic rings. The Hall–Kier alpha value is -0.800. The van der Waals surface area contributed by atoms with E-state index in [1.165, 1.54) is 12.0 Å². The minimum absolute atomic E-state index is 0.467. The smallest absolute Gasteiger partial charge is 0.0536 e. The number of nitrogens with one attached hydrogen (secondary N) is 1. The minimum atomic E-state index is 0.467. The van der Waals surface area contributed by atoms with Gasteiger partial charge in [-0.15, -0.1) is 0 Å². The molecule has 0 radical (unpaired) electrons. The molecule has 1 rings (SSSR count). The van der Waals surface area contributed by atoms with E-state index in [2.05, 4.69) is 38.2 Å². The third-order valence-electron chi connectivity index (χ3n) is 3.96. The monoisotopic (exact) mass is 266 g/mol. The van der Waals surface area contributed by atoms with Crippen LogP contribution in [0.1, 0.15) is 33.6 Å². The number of hydrogen-bond donors (Lipinski definition) is 2. The van der Waals surface area contributed by atoms with Gasteiger partial charge in [0.15, 0.2) is 0 Å². The van der Waals surface area contributed by atoms with Gasteiger partial charge in [0.1, 0.15) is 0 Å². The molecule has 19 heavy (non-hydrogen) atoms. The van der Waals surface area contributed by atoms with Crippen molar-refractivity contribution in [1.82, 2.24) is 5.32 Å². The van der Waals surface area contributed by atoms with Crippen molar-refractivity contribution < 1.29 is 4.74 Å². The number of nitrogens with two attached hydrogens (primary N) is 1. The van der Waals surface area contributed by atoms with Crippen molar-refractivity contribution in [3.05, 3.63) is 23.4 Å². The summed E-state index contributed by atoms with van der Waals surface area (Å²) in [6.45, 7) is 9.20. The first-order chi connectivity index (χ1) is 9.10. The summed E-state index contributed by atoms with van der Waals surface area (Å²) in [6.07, 6.45) is 6.85. The zero-order valence-corrected chi connectivity index (χ0v) is 12.9. The van der Waals surface area contributed by atoms with Crippen molar-refractivity contribution in [3.63, 3.8) is 0 Å². The van der Waals surface area contributed by atoms with Crippen LogP contribution in [0.15, 0.2) is 23.4 Å². The highest BCUT2D eigenvalue weighted by Crippen LogP contribution is 2.26. The predicted molar refractivity (Wildman–Crippen MR) is 81.8 cm³/mol. The molecule has 0 aliphatic carbocycles. The summed E-state index contributed by atoms with van der Waals surface area (Å²) in [6, 6.07) is 0. The first-order valence-corrected chi connectivity index (χ1v) is 7.49. The molecule has 1 unspecified atom stereocenters. The quantitative estimate of drug-likeness (QED) is 0.697. The lowest BCUT2D eigenvalue weighted by Gasteiger charge is -2.17. The highest BCUT2D eigenvalue weighted by molar-refractivity contribution is 5.28. The van der Waals surface area contributed by atoms with Crippen LogP contribution in [0.2, 0.25) is 0 Å². The summed E-state index contributed by atoms with van der Waals surface area (Å²) >= 11 is 0. The number of allylic oxidation sites excluding steroid dienone is 2. The Labute approximate surface area is 118 Å². The molecule has 0 aromatic heterocycles. The maximum Gasteiger partial charge on any atom is 0.0536 e. The Balaban J connectivity index is 2.84. The van der Waals surface area contributed by atoms with Gasteiger partial charge in [0, 0.05) is 24.8 Å². The fraction of sp³-hybridized carbons (Fsp3) is 0.750. The summed E-state index contributed by atoms with van der Waals surface area (Å²) in [4.78, 5) is 0. The van der Waals surface area contributed by atoms with Gasteiger partial charge in [-0.2, -0.15) is 0 Å². The fourth-order valence-corrected chi connectivity index (χ4v) is 2.63. The molecule has 0 aromatic carbocycles. The topological polar surface area (TPSA) is 47.3 Å². The molecule has 0 saturated carbocycles. The summed E-state index contributed by atoms with van der Waals surface area (Å²) < 4.78 is 5.50. The second kappa shape index (κ2) is 8.39. The van der Waals surface area contributed by atoms with Gasteiger partial charge in [-0.05, 0) is 37.3 Å². The van der Waals surface area contributed by atoms with Gasteiger partial charge in [0.05, 0.1) is 6.61 Å². The molecular weight excluding hydrogens is 236 g/mol. The van der Waals surface area contributed by atoms with Crippen LogP contribution in [-0.4, -0.2) is 26.8 Å². The third kappa shape index (κ3) is 5.00. The molecule has 0 amide bonds. The normalized spacial score (nSPS) is 23.1. The van der Waals surface area contributed by atoms with Crippen LogP contribution < -0.4 is 11.1 Å². The lowest BCUT2D eigenvalue weighted by Crippen LogP contribution is -2.21. The SMILES string of the molecule is CCC(/C=C\C(=C(/N)CNC)[C@H]1CCOC1)C(C)C. The average molecular weight is 266 g/mol. The van der Waals surface area contributed by atoms with Crippen molar-refractivity contribution in [2.24, 2.45) is 23.5 Å². The molecule has 1 aliphatic heterocycles. The zero-order valence-electron chi connectivity index (χ0n) is 12.9. The van der Waals surface area contributed by atoms with Crippen LogP contribution in [-0.2, 0) is 4.74 Å². The molecular formula is C16H30N2O. The molecule has 3 N–H and O–H groups in total. The van der Waals surface area contributed by atoms with Crippen LogP contribution in [0.25, 0.3) is 0 Å². The average Bonchev–Trinajstić information content (AvgIpc) is 2.88. The summed E-state index contributed by atoms with van der Waals surface area (Å²) in [5.74, 6) is 1.77. The first-order valence-electron chi connectivity index (χ1n) is 7.49. The molecule has 0 spiro atoms. The predicted octanol–water partition coefficient (Wildman–Crippen LogP) is 2.69. The maximum absolute atomic E-state index is 6.22. The molecule has 1 saturated heterocycles. The van der Waals surface area contributed by atoms with Crippen molar-refractivity contribution >= 4 is 0 Å². The van der Waals surface area contributed by atoms with Crippen molar-refractivity contribution in [2.75, 3.05) is 26.8 Å². The van der Waals surface area contributed by atoms with Gasteiger partial charge in [-0.1, -0.05) is 32.9 Å². The fourth-order valence-electron chi connectivity index (χ4n) is 2.63. The third-order valence-corrected chi connectivity index (χ3v) is 3.96. The molecule has 1 heterocycles. The van der Waals surface area contributed by atoms with Crippen molar-refractivity contribution in [1.29, 1.82) is 0 Å². The van der Waals surface area contributed by atoms with Gasteiger partial charge >= 0.3 is 0 Å². The van der Waals surface area contributed by atoms with E-state index in [1.54, 1.807) is 0 Å². The van der Waals surface area contributed by atoms with Crippen molar-refractivity contribution in [2.45, 2.75) is 33.6 Å². The van der Waals surface area contributed by atoms with Gasteiger partial charge in [0.25, 0.3) is 0 Å². The summed E-state index contributed by atoms with van der Waals surface area (Å²) in [5, 5.41) is 3.14. The Morgan fingerprint density at radius 3 is 2.68 bits per heavy atom. The van der Waals surface area contributed by atoms with Gasteiger partial charge < -0.3 is 15.8 Å². The molecule has 1 fully saturated rings. The molecule has 110 valence electrons. The molecule has 3 nitrogen and oxygen atoms in total. The molecule has 2 atom stereocenters. The van der Waals surface area contributed by atoms with Crippen LogP contribution in [0, 0.1) is 17.8 Å². The zero-order chi connectivity index (χ0) is 14.3. The van der Waals surface area contributed by atoms with Crippen LogP contribution in [0.5, 0.6) is 0 Å². The molecule has 0 bridgehead atoms. The minimum Gasteiger partial charge on any atom is -0.401 e. The number of likely N-dealkylation sites (N-methyl/N-ethyl adjacent to an activating group) is 1. The van der Waals surface area contributed by atoms with Crippen LogP contribution in [0.3, 0.4) is 0 Å². The maximum atomic E-state index is 6.22. The highest BCUT2D eigenvalue weighted by atomic mass is 16.5. The highest BCUT2D eigenvalue weighted by Gasteiger charge is 2.21. The molecule has 3 heteroatoms. The Morgan fingerprint density at radius 2 is 2.21 bits per heavy atom. The first kappa shape index (κ1) is 16.3. The standard InChI is InChI=1S/C16H30N2O/c1-5-13(12(2)3)6-7-15(16(17)10-18-4)14-8-9-19-11-14/h6-7,12-14,18H,5,8-11,17H2,1-4H3/b7-6-,16-15+/t13?,14-/m0/s1. The number of hydrogen-bond acceptors (Lipinski definition) is 3.